The zero-order valence-corrected chi connectivity index (χ0v) is 16.7. The number of para-hydroxylation sites is 1. The van der Waals surface area contributed by atoms with Gasteiger partial charge in [-0.25, -0.2) is 0 Å². The van der Waals surface area contributed by atoms with Gasteiger partial charge in [-0.05, 0) is 39.2 Å². The van der Waals surface area contributed by atoms with Crippen LogP contribution in [-0.2, 0) is 26.5 Å². The van der Waals surface area contributed by atoms with E-state index in [1.54, 1.807) is 4.90 Å². The molecule has 0 bridgehead atoms. The summed E-state index contributed by atoms with van der Waals surface area (Å²) in [7, 11) is 0. The maximum Gasteiger partial charge on any atom is 0.276 e. The van der Waals surface area contributed by atoms with Crippen LogP contribution in [0.4, 0.5) is 5.69 Å². The molecule has 0 aliphatic carbocycles. The molecule has 0 N–H and O–H groups in total. The summed E-state index contributed by atoms with van der Waals surface area (Å²) in [6, 6.07) is 26.3. The van der Waals surface area contributed by atoms with E-state index in [0.29, 0.717) is 6.54 Å². The molecule has 4 aromatic carbocycles. The Balaban J connectivity index is 1.55. The first kappa shape index (κ1) is 17.9. The minimum atomic E-state index is -1.27. The first-order valence-corrected chi connectivity index (χ1v) is 10.4. The molecule has 4 heteroatoms. The number of ketones is 1. The summed E-state index contributed by atoms with van der Waals surface area (Å²) < 4.78 is 5.89. The Labute approximate surface area is 179 Å². The smallest absolute Gasteiger partial charge is 0.276 e. The summed E-state index contributed by atoms with van der Waals surface area (Å²) in [4.78, 5) is 27.8. The van der Waals surface area contributed by atoms with Gasteiger partial charge in [-0.3, -0.25) is 9.59 Å². The van der Waals surface area contributed by atoms with Crippen LogP contribution in [0.15, 0.2) is 91.2 Å². The molecule has 6 rings (SSSR count). The number of carbonyl (C=O) groups is 2. The van der Waals surface area contributed by atoms with Gasteiger partial charge in [-0.15, -0.1) is 0 Å². The van der Waals surface area contributed by atoms with Crippen molar-refractivity contribution in [3.05, 3.63) is 102 Å². The van der Waals surface area contributed by atoms with Gasteiger partial charge in [0.2, 0.25) is 5.60 Å². The molecular formula is C27H19NO3. The third-order valence-corrected chi connectivity index (χ3v) is 6.37. The Morgan fingerprint density at radius 1 is 0.839 bits per heavy atom. The Morgan fingerprint density at radius 3 is 2.19 bits per heavy atom. The predicted octanol–water partition coefficient (Wildman–Crippen LogP) is 5.24. The SMILES string of the molecule is O=C1C=COC2(C1)C(=O)N(Cc1c3ccccc3cc3ccccc13)c1ccccc12. The van der Waals surface area contributed by atoms with Crippen LogP contribution >= 0.6 is 0 Å². The lowest BCUT2D eigenvalue weighted by Crippen LogP contribution is -2.44. The highest BCUT2D eigenvalue weighted by Gasteiger charge is 2.54. The molecule has 0 saturated carbocycles. The van der Waals surface area contributed by atoms with E-state index in [2.05, 4.69) is 30.3 Å². The maximum absolute atomic E-state index is 13.8. The van der Waals surface area contributed by atoms with Crippen LogP contribution in [-0.4, -0.2) is 11.7 Å². The topological polar surface area (TPSA) is 46.6 Å². The standard InChI is InChI=1S/C27H19NO3/c29-20-13-14-31-27(16-20)24-11-5-6-12-25(24)28(26(27)30)17-23-21-9-3-1-7-18(21)15-19-8-2-4-10-22(19)23/h1-15H,16-17H2. The van der Waals surface area contributed by atoms with Gasteiger partial charge in [-0.1, -0.05) is 66.7 Å². The summed E-state index contributed by atoms with van der Waals surface area (Å²) >= 11 is 0. The van der Waals surface area contributed by atoms with Gasteiger partial charge in [0.15, 0.2) is 5.78 Å². The minimum Gasteiger partial charge on any atom is -0.480 e. The van der Waals surface area contributed by atoms with Gasteiger partial charge < -0.3 is 9.64 Å². The fraction of sp³-hybridized carbons (Fsp3) is 0.111. The number of ether oxygens (including phenoxy) is 1. The third kappa shape index (κ3) is 2.55. The summed E-state index contributed by atoms with van der Waals surface area (Å²) in [6.07, 6.45) is 2.77. The molecule has 1 spiro atoms. The minimum absolute atomic E-state index is 0.0200. The number of carbonyl (C=O) groups excluding carboxylic acids is 2. The van der Waals surface area contributed by atoms with E-state index in [1.165, 1.54) is 12.3 Å². The van der Waals surface area contributed by atoms with Crippen LogP contribution in [0.1, 0.15) is 17.5 Å². The molecular weight excluding hydrogens is 386 g/mol. The quantitative estimate of drug-likeness (QED) is 0.429. The van der Waals surface area contributed by atoms with E-state index in [9.17, 15) is 9.59 Å². The lowest BCUT2D eigenvalue weighted by atomic mass is 9.88. The number of anilines is 1. The fourth-order valence-corrected chi connectivity index (χ4v) is 4.94. The number of amides is 1. The van der Waals surface area contributed by atoms with Crippen LogP contribution in [0.2, 0.25) is 0 Å². The van der Waals surface area contributed by atoms with Gasteiger partial charge in [0, 0.05) is 11.6 Å². The van der Waals surface area contributed by atoms with Crippen molar-refractivity contribution in [1.82, 2.24) is 0 Å². The zero-order chi connectivity index (χ0) is 21.0. The van der Waals surface area contributed by atoms with Crippen molar-refractivity contribution in [3.8, 4) is 0 Å². The second-order valence-electron chi connectivity index (χ2n) is 8.10. The Morgan fingerprint density at radius 2 is 1.48 bits per heavy atom. The van der Waals surface area contributed by atoms with Crippen molar-refractivity contribution in [2.45, 2.75) is 18.6 Å². The molecule has 0 saturated heterocycles. The molecule has 1 unspecified atom stereocenters. The van der Waals surface area contributed by atoms with Crippen molar-refractivity contribution >= 4 is 38.9 Å². The van der Waals surface area contributed by atoms with E-state index in [-0.39, 0.29) is 18.1 Å². The number of nitrogens with zero attached hydrogens (tertiary/aromatic N) is 1. The molecule has 1 amide bonds. The van der Waals surface area contributed by atoms with Crippen LogP contribution in [0.5, 0.6) is 0 Å². The second kappa shape index (κ2) is 6.54. The molecule has 150 valence electrons. The van der Waals surface area contributed by atoms with Crippen molar-refractivity contribution in [2.75, 3.05) is 4.90 Å². The van der Waals surface area contributed by atoms with Crippen LogP contribution < -0.4 is 4.90 Å². The molecule has 0 radical (unpaired) electrons. The average molecular weight is 405 g/mol. The van der Waals surface area contributed by atoms with E-state index in [4.69, 9.17) is 4.74 Å². The molecule has 2 aliphatic rings. The molecule has 4 nitrogen and oxygen atoms in total. The summed E-state index contributed by atoms with van der Waals surface area (Å²) in [5.74, 6) is -0.296. The van der Waals surface area contributed by atoms with Crippen molar-refractivity contribution in [3.63, 3.8) is 0 Å². The second-order valence-corrected chi connectivity index (χ2v) is 8.10. The molecule has 1 atom stereocenters. The van der Waals surface area contributed by atoms with Crippen molar-refractivity contribution < 1.29 is 14.3 Å². The van der Waals surface area contributed by atoms with Gasteiger partial charge in [-0.2, -0.15) is 0 Å². The van der Waals surface area contributed by atoms with Crippen molar-refractivity contribution in [2.24, 2.45) is 0 Å². The fourth-order valence-electron chi connectivity index (χ4n) is 4.94. The summed E-state index contributed by atoms with van der Waals surface area (Å²) in [5, 5.41) is 4.51. The zero-order valence-electron chi connectivity index (χ0n) is 16.7. The highest BCUT2D eigenvalue weighted by atomic mass is 16.5. The number of fused-ring (bicyclic) bond motifs is 4. The molecule has 31 heavy (non-hydrogen) atoms. The first-order chi connectivity index (χ1) is 15.2. The molecule has 4 aromatic rings. The molecule has 2 heterocycles. The molecule has 0 aromatic heterocycles. The lowest BCUT2D eigenvalue weighted by Gasteiger charge is -2.29. The largest absolute Gasteiger partial charge is 0.480 e. The summed E-state index contributed by atoms with van der Waals surface area (Å²) in [6.45, 7) is 0.404. The monoisotopic (exact) mass is 405 g/mol. The normalized spacial score (nSPS) is 19.9. The van der Waals surface area contributed by atoms with Crippen molar-refractivity contribution in [1.29, 1.82) is 0 Å². The highest BCUT2D eigenvalue weighted by molar-refractivity contribution is 6.11. The van der Waals surface area contributed by atoms with Crippen LogP contribution in [0.25, 0.3) is 21.5 Å². The van der Waals surface area contributed by atoms with E-state index in [0.717, 1.165) is 38.4 Å². The number of hydrogen-bond donors (Lipinski definition) is 0. The van der Waals surface area contributed by atoms with E-state index in [1.807, 2.05) is 48.5 Å². The number of benzene rings is 4. The van der Waals surface area contributed by atoms with Gasteiger partial charge in [0.25, 0.3) is 5.91 Å². The van der Waals surface area contributed by atoms with Crippen LogP contribution in [0, 0.1) is 0 Å². The Hall–Kier alpha value is -3.92. The average Bonchev–Trinajstić information content (AvgIpc) is 3.01. The van der Waals surface area contributed by atoms with Gasteiger partial charge >= 0.3 is 0 Å². The number of allylic oxidation sites excluding steroid dienone is 1. The molecule has 2 aliphatic heterocycles. The van der Waals surface area contributed by atoms with Gasteiger partial charge in [0.05, 0.1) is 24.9 Å². The Kier molecular flexibility index (Phi) is 3.78. The maximum atomic E-state index is 13.8. The first-order valence-electron chi connectivity index (χ1n) is 10.4. The van der Waals surface area contributed by atoms with Crippen LogP contribution in [0.3, 0.4) is 0 Å². The number of hydrogen-bond acceptors (Lipinski definition) is 3. The van der Waals surface area contributed by atoms with E-state index < -0.39 is 5.60 Å². The van der Waals surface area contributed by atoms with E-state index >= 15 is 0 Å². The summed E-state index contributed by atoms with van der Waals surface area (Å²) in [5.41, 5.74) is 1.37. The van der Waals surface area contributed by atoms with Gasteiger partial charge in [0.1, 0.15) is 0 Å². The highest BCUT2D eigenvalue weighted by Crippen LogP contribution is 2.47. The molecule has 0 fully saturated rings. The third-order valence-electron chi connectivity index (χ3n) is 6.37. The number of rotatable bonds is 2. The predicted molar refractivity (Wildman–Crippen MR) is 121 cm³/mol. The lowest BCUT2D eigenvalue weighted by molar-refractivity contribution is -0.143. The Bertz CT molecular complexity index is 1370.